The molecule has 0 aliphatic heterocycles. The summed E-state index contributed by atoms with van der Waals surface area (Å²) in [5.74, 6) is -0.0859. The highest BCUT2D eigenvalue weighted by atomic mass is 32.2. The second kappa shape index (κ2) is 9.50. The van der Waals surface area contributed by atoms with Crippen molar-refractivity contribution >= 4 is 44.4 Å². The van der Waals surface area contributed by atoms with Gasteiger partial charge in [0.05, 0.1) is 16.1 Å². The third-order valence-corrected chi connectivity index (χ3v) is 6.32. The molecule has 10 heteroatoms. The molecule has 2 heterocycles. The van der Waals surface area contributed by atoms with Crippen LogP contribution in [0.4, 0.5) is 10.8 Å². The fourth-order valence-corrected chi connectivity index (χ4v) is 4.37. The highest BCUT2D eigenvalue weighted by molar-refractivity contribution is 7.93. The third-order valence-electron chi connectivity index (χ3n) is 4.15. The van der Waals surface area contributed by atoms with E-state index in [-0.39, 0.29) is 4.90 Å². The van der Waals surface area contributed by atoms with Crippen LogP contribution in [0.25, 0.3) is 0 Å². The van der Waals surface area contributed by atoms with Crippen molar-refractivity contribution in [3.63, 3.8) is 0 Å². The minimum absolute atomic E-state index is 0.117. The number of carbonyl (C=O) groups excluding carboxylic acids is 1. The number of nitrogens with one attached hydrogen (secondary N) is 1. The number of nitrogens with zero attached hydrogens (tertiary/aromatic N) is 3. The van der Waals surface area contributed by atoms with Crippen LogP contribution in [-0.4, -0.2) is 30.6 Å². The van der Waals surface area contributed by atoms with Crippen LogP contribution in [0.3, 0.4) is 0 Å². The predicted octanol–water partition coefficient (Wildman–Crippen LogP) is 4.31. The van der Waals surface area contributed by atoms with Crippen LogP contribution in [0.1, 0.15) is 15.9 Å². The number of thiazole rings is 1. The second-order valence-electron chi connectivity index (χ2n) is 6.40. The number of aromatic nitrogens is 2. The van der Waals surface area contributed by atoms with Crippen molar-refractivity contribution in [1.82, 2.24) is 9.97 Å². The second-order valence-corrected chi connectivity index (χ2v) is 8.97. The summed E-state index contributed by atoms with van der Waals surface area (Å²) in [5.41, 5.74) is 1.74. The van der Waals surface area contributed by atoms with Crippen molar-refractivity contribution in [3.05, 3.63) is 95.8 Å². The van der Waals surface area contributed by atoms with Gasteiger partial charge in [-0.3, -0.25) is 14.7 Å². The quantitative estimate of drug-likeness (QED) is 0.248. The van der Waals surface area contributed by atoms with Crippen LogP contribution < -0.4 is 9.46 Å². The average molecular weight is 465 g/mol. The average Bonchev–Trinajstić information content (AvgIpc) is 3.32. The van der Waals surface area contributed by atoms with E-state index in [1.54, 1.807) is 66.3 Å². The molecule has 0 spiro atoms. The zero-order valence-electron chi connectivity index (χ0n) is 16.5. The smallest absolute Gasteiger partial charge is 0.345 e. The summed E-state index contributed by atoms with van der Waals surface area (Å²) >= 11 is 1.20. The molecule has 0 saturated heterocycles. The fraction of sp³-hybridized carbons (Fsp3) is 0. The minimum Gasteiger partial charge on any atom is -0.423 e. The largest absolute Gasteiger partial charge is 0.423 e. The molecular formula is C22H16N4O4S2. The SMILES string of the molecule is O=C(Oc1ccc(C=Nc2ccc(S(=O)(=O)Nc3nccs3)cc2)cc1)c1cccnc1. The first-order valence-electron chi connectivity index (χ1n) is 9.28. The van der Waals surface area contributed by atoms with E-state index in [1.807, 2.05) is 0 Å². The molecule has 32 heavy (non-hydrogen) atoms. The van der Waals surface area contributed by atoms with Gasteiger partial charge in [-0.2, -0.15) is 0 Å². The number of anilines is 1. The Hall–Kier alpha value is -3.89. The van der Waals surface area contributed by atoms with E-state index in [1.165, 1.54) is 35.9 Å². The maximum Gasteiger partial charge on any atom is 0.345 e. The van der Waals surface area contributed by atoms with Gasteiger partial charge in [-0.15, -0.1) is 11.3 Å². The zero-order chi connectivity index (χ0) is 22.4. The highest BCUT2D eigenvalue weighted by Gasteiger charge is 2.15. The lowest BCUT2D eigenvalue weighted by molar-refractivity contribution is 0.0734. The molecule has 0 aliphatic carbocycles. The molecule has 2 aromatic heterocycles. The van der Waals surface area contributed by atoms with Crippen molar-refractivity contribution in [3.8, 4) is 5.75 Å². The molecule has 4 aromatic rings. The summed E-state index contributed by atoms with van der Waals surface area (Å²) < 4.78 is 32.5. The van der Waals surface area contributed by atoms with Gasteiger partial charge in [-0.05, 0) is 66.2 Å². The van der Waals surface area contributed by atoms with Crippen LogP contribution in [0.2, 0.25) is 0 Å². The van der Waals surface area contributed by atoms with Crippen LogP contribution in [0, 0.1) is 0 Å². The standard InChI is InChI=1S/C22H16N4O4S2/c27-21(17-2-1-11-23-15-17)30-19-7-3-16(4-8-19)14-25-18-5-9-20(10-6-18)32(28,29)26-22-24-12-13-31-22/h1-15H,(H,24,26). The van der Waals surface area contributed by atoms with Crippen molar-refractivity contribution in [2.24, 2.45) is 4.99 Å². The molecule has 0 radical (unpaired) electrons. The Morgan fingerprint density at radius 2 is 1.81 bits per heavy atom. The van der Waals surface area contributed by atoms with Gasteiger partial charge in [0.2, 0.25) is 0 Å². The number of benzene rings is 2. The number of hydrogen-bond acceptors (Lipinski definition) is 8. The predicted molar refractivity (Wildman–Crippen MR) is 122 cm³/mol. The lowest BCUT2D eigenvalue weighted by Gasteiger charge is -2.05. The molecule has 0 aliphatic rings. The van der Waals surface area contributed by atoms with Gasteiger partial charge in [0.1, 0.15) is 5.75 Å². The molecule has 4 rings (SSSR count). The van der Waals surface area contributed by atoms with E-state index in [4.69, 9.17) is 4.74 Å². The summed E-state index contributed by atoms with van der Waals surface area (Å²) in [6.07, 6.45) is 6.17. The molecule has 0 atom stereocenters. The van der Waals surface area contributed by atoms with Crippen LogP contribution >= 0.6 is 11.3 Å². The Morgan fingerprint density at radius 1 is 1.03 bits per heavy atom. The van der Waals surface area contributed by atoms with Crippen LogP contribution in [-0.2, 0) is 10.0 Å². The third kappa shape index (κ3) is 5.42. The van der Waals surface area contributed by atoms with Gasteiger partial charge < -0.3 is 4.74 Å². The number of rotatable bonds is 7. The molecule has 0 amide bonds. The summed E-state index contributed by atoms with van der Waals surface area (Å²) in [5, 5.41) is 1.99. The molecule has 0 saturated carbocycles. The summed E-state index contributed by atoms with van der Waals surface area (Å²) in [4.78, 5) is 24.3. The molecule has 8 nitrogen and oxygen atoms in total. The number of ether oxygens (including phenoxy) is 1. The normalized spacial score (nSPS) is 11.4. The van der Waals surface area contributed by atoms with Gasteiger partial charge in [0.25, 0.3) is 10.0 Å². The molecule has 0 fully saturated rings. The summed E-state index contributed by atoms with van der Waals surface area (Å²) in [7, 11) is -3.70. The van der Waals surface area contributed by atoms with Crippen molar-refractivity contribution in [1.29, 1.82) is 0 Å². The maximum absolute atomic E-state index is 12.4. The lowest BCUT2D eigenvalue weighted by atomic mass is 10.2. The number of pyridine rings is 1. The van der Waals surface area contributed by atoms with E-state index < -0.39 is 16.0 Å². The molecule has 160 valence electrons. The van der Waals surface area contributed by atoms with Crippen molar-refractivity contribution in [2.45, 2.75) is 4.90 Å². The molecule has 2 aromatic carbocycles. The maximum atomic E-state index is 12.4. The van der Waals surface area contributed by atoms with E-state index in [9.17, 15) is 13.2 Å². The molecule has 0 bridgehead atoms. The number of esters is 1. The van der Waals surface area contributed by atoms with E-state index >= 15 is 0 Å². The van der Waals surface area contributed by atoms with E-state index in [0.29, 0.717) is 22.1 Å². The minimum atomic E-state index is -3.70. The number of sulfonamides is 1. The number of carbonyl (C=O) groups is 1. The Bertz CT molecular complexity index is 1320. The van der Waals surface area contributed by atoms with Crippen LogP contribution in [0.5, 0.6) is 5.75 Å². The Kier molecular flexibility index (Phi) is 6.34. The molecule has 1 N–H and O–H groups in total. The first-order chi connectivity index (χ1) is 15.5. The summed E-state index contributed by atoms with van der Waals surface area (Å²) in [6, 6.07) is 16.3. The zero-order valence-corrected chi connectivity index (χ0v) is 18.1. The highest BCUT2D eigenvalue weighted by Crippen LogP contribution is 2.21. The van der Waals surface area contributed by atoms with Gasteiger partial charge in [0, 0.05) is 30.2 Å². The van der Waals surface area contributed by atoms with Crippen molar-refractivity contribution in [2.75, 3.05) is 4.72 Å². The number of aliphatic imine (C=N–C) groups is 1. The van der Waals surface area contributed by atoms with Gasteiger partial charge in [0.15, 0.2) is 5.13 Å². The van der Waals surface area contributed by atoms with Gasteiger partial charge in [-0.25, -0.2) is 18.2 Å². The summed E-state index contributed by atoms with van der Waals surface area (Å²) in [6.45, 7) is 0. The van der Waals surface area contributed by atoms with Crippen LogP contribution in [0.15, 0.2) is 94.5 Å². The first-order valence-corrected chi connectivity index (χ1v) is 11.6. The van der Waals surface area contributed by atoms with Gasteiger partial charge in [-0.1, -0.05) is 0 Å². The lowest BCUT2D eigenvalue weighted by Crippen LogP contribution is -2.12. The van der Waals surface area contributed by atoms with E-state index in [0.717, 1.165) is 5.56 Å². The topological polar surface area (TPSA) is 111 Å². The molecule has 0 unspecified atom stereocenters. The van der Waals surface area contributed by atoms with E-state index in [2.05, 4.69) is 19.7 Å². The number of hydrogen-bond donors (Lipinski definition) is 1. The first kappa shape index (κ1) is 21.3. The van der Waals surface area contributed by atoms with Gasteiger partial charge >= 0.3 is 5.97 Å². The fourth-order valence-electron chi connectivity index (χ4n) is 2.58. The monoisotopic (exact) mass is 464 g/mol. The Morgan fingerprint density at radius 3 is 2.47 bits per heavy atom. The molecular weight excluding hydrogens is 448 g/mol. The van der Waals surface area contributed by atoms with Crippen molar-refractivity contribution < 1.29 is 17.9 Å². The Balaban J connectivity index is 1.38. The Labute approximate surface area is 188 Å².